The van der Waals surface area contributed by atoms with Crippen LogP contribution in [-0.2, 0) is 5.75 Å². The van der Waals surface area contributed by atoms with Gasteiger partial charge in [-0.25, -0.2) is 9.97 Å². The van der Waals surface area contributed by atoms with E-state index in [0.717, 1.165) is 22.8 Å². The van der Waals surface area contributed by atoms with Gasteiger partial charge in [0.2, 0.25) is 0 Å². The molecule has 3 aromatic rings. The van der Waals surface area contributed by atoms with E-state index in [2.05, 4.69) is 29.2 Å². The summed E-state index contributed by atoms with van der Waals surface area (Å²) in [6, 6.07) is 18.6. The van der Waals surface area contributed by atoms with Gasteiger partial charge in [-0.2, -0.15) is 0 Å². The normalized spacial score (nSPS) is 12.6. The fourth-order valence-corrected chi connectivity index (χ4v) is 3.43. The molecule has 3 heteroatoms. The number of rotatable bonds is 1. The standard InChI is InChI=1S/C17H12N2S/c1-2-6-12(7-3-1)17-18-10-13-11-20-15-9-5-4-8-14(15)16(13)19-17/h1-10H,11H2. The molecule has 20 heavy (non-hydrogen) atoms. The molecule has 0 unspecified atom stereocenters. The maximum absolute atomic E-state index is 4.80. The Morgan fingerprint density at radius 3 is 2.60 bits per heavy atom. The highest BCUT2D eigenvalue weighted by molar-refractivity contribution is 7.98. The van der Waals surface area contributed by atoms with Crippen molar-refractivity contribution in [3.05, 3.63) is 66.4 Å². The van der Waals surface area contributed by atoms with E-state index in [0.29, 0.717) is 0 Å². The van der Waals surface area contributed by atoms with E-state index in [1.807, 2.05) is 48.3 Å². The van der Waals surface area contributed by atoms with Crippen molar-refractivity contribution in [2.75, 3.05) is 0 Å². The van der Waals surface area contributed by atoms with Crippen LogP contribution in [0.4, 0.5) is 0 Å². The second kappa shape index (κ2) is 4.76. The van der Waals surface area contributed by atoms with Crippen molar-refractivity contribution in [1.82, 2.24) is 9.97 Å². The van der Waals surface area contributed by atoms with Gasteiger partial charge in [-0.15, -0.1) is 11.8 Å². The Labute approximate surface area is 121 Å². The highest BCUT2D eigenvalue weighted by Gasteiger charge is 2.18. The molecule has 2 nitrogen and oxygen atoms in total. The fraction of sp³-hybridized carbons (Fsp3) is 0.0588. The minimum Gasteiger partial charge on any atom is -0.236 e. The molecule has 1 aliphatic heterocycles. The first kappa shape index (κ1) is 11.7. The summed E-state index contributed by atoms with van der Waals surface area (Å²) in [6.45, 7) is 0. The quantitative estimate of drug-likeness (QED) is 0.658. The second-order valence-corrected chi connectivity index (χ2v) is 5.74. The number of hydrogen-bond donors (Lipinski definition) is 0. The molecule has 4 rings (SSSR count). The highest BCUT2D eigenvalue weighted by atomic mass is 32.2. The SMILES string of the molecule is c1ccc(-c2ncc3c(n2)-c2ccccc2SC3)cc1. The minimum absolute atomic E-state index is 0.797. The Hall–Kier alpha value is -2.13. The summed E-state index contributed by atoms with van der Waals surface area (Å²) in [6.07, 6.45) is 1.97. The molecular weight excluding hydrogens is 264 g/mol. The average Bonchev–Trinajstić information content (AvgIpc) is 2.55. The number of hydrogen-bond acceptors (Lipinski definition) is 3. The maximum Gasteiger partial charge on any atom is 0.159 e. The molecule has 0 saturated carbocycles. The molecule has 1 aliphatic rings. The van der Waals surface area contributed by atoms with Crippen LogP contribution in [0.15, 0.2) is 65.7 Å². The van der Waals surface area contributed by atoms with Crippen molar-refractivity contribution >= 4 is 11.8 Å². The minimum atomic E-state index is 0.797. The third-order valence-electron chi connectivity index (χ3n) is 3.42. The molecule has 2 aromatic carbocycles. The van der Waals surface area contributed by atoms with E-state index in [1.54, 1.807) is 0 Å². The molecule has 0 saturated heterocycles. The lowest BCUT2D eigenvalue weighted by molar-refractivity contribution is 1.11. The third-order valence-corrected chi connectivity index (χ3v) is 4.54. The maximum atomic E-state index is 4.80. The van der Waals surface area contributed by atoms with Crippen LogP contribution in [0.1, 0.15) is 5.56 Å². The Morgan fingerprint density at radius 2 is 1.70 bits per heavy atom. The molecule has 0 N–H and O–H groups in total. The van der Waals surface area contributed by atoms with Gasteiger partial charge < -0.3 is 0 Å². The number of fused-ring (bicyclic) bond motifs is 3. The first-order valence-corrected chi connectivity index (χ1v) is 7.54. The van der Waals surface area contributed by atoms with E-state index in [9.17, 15) is 0 Å². The van der Waals surface area contributed by atoms with E-state index < -0.39 is 0 Å². The molecule has 0 bridgehead atoms. The Balaban J connectivity index is 1.90. The van der Waals surface area contributed by atoms with Crippen LogP contribution in [0.5, 0.6) is 0 Å². The van der Waals surface area contributed by atoms with Crippen molar-refractivity contribution in [3.8, 4) is 22.6 Å². The summed E-state index contributed by atoms with van der Waals surface area (Å²) >= 11 is 1.85. The van der Waals surface area contributed by atoms with E-state index in [4.69, 9.17) is 4.98 Å². The van der Waals surface area contributed by atoms with E-state index in [1.165, 1.54) is 16.0 Å². The summed E-state index contributed by atoms with van der Waals surface area (Å²) in [5.74, 6) is 1.74. The van der Waals surface area contributed by atoms with Crippen LogP contribution in [0, 0.1) is 0 Å². The predicted octanol–water partition coefficient (Wildman–Crippen LogP) is 4.42. The van der Waals surface area contributed by atoms with E-state index >= 15 is 0 Å². The molecule has 0 amide bonds. The average molecular weight is 276 g/mol. The summed E-state index contributed by atoms with van der Waals surface area (Å²) in [7, 11) is 0. The highest BCUT2D eigenvalue weighted by Crippen LogP contribution is 2.40. The van der Waals surface area contributed by atoms with Gasteiger partial charge in [-0.3, -0.25) is 0 Å². The molecule has 1 aromatic heterocycles. The Kier molecular flexibility index (Phi) is 2.78. The van der Waals surface area contributed by atoms with E-state index in [-0.39, 0.29) is 0 Å². The third kappa shape index (κ3) is 1.91. The molecular formula is C17H12N2S. The topological polar surface area (TPSA) is 25.8 Å². The van der Waals surface area contributed by atoms with Crippen molar-refractivity contribution in [3.63, 3.8) is 0 Å². The van der Waals surface area contributed by atoms with Crippen molar-refractivity contribution in [2.45, 2.75) is 10.6 Å². The molecule has 0 radical (unpaired) electrons. The fourth-order valence-electron chi connectivity index (χ4n) is 2.42. The molecule has 2 heterocycles. The van der Waals surface area contributed by atoms with Crippen LogP contribution >= 0.6 is 11.8 Å². The van der Waals surface area contributed by atoms with Crippen LogP contribution in [0.2, 0.25) is 0 Å². The van der Waals surface area contributed by atoms with Crippen molar-refractivity contribution in [2.24, 2.45) is 0 Å². The van der Waals surface area contributed by atoms with Gasteiger partial charge in [0.1, 0.15) is 0 Å². The largest absolute Gasteiger partial charge is 0.236 e. The smallest absolute Gasteiger partial charge is 0.159 e. The summed E-state index contributed by atoms with van der Waals surface area (Å²) in [4.78, 5) is 10.6. The zero-order valence-corrected chi connectivity index (χ0v) is 11.6. The van der Waals surface area contributed by atoms with Gasteiger partial charge >= 0.3 is 0 Å². The van der Waals surface area contributed by atoms with Gasteiger partial charge in [-0.05, 0) is 6.07 Å². The predicted molar refractivity (Wildman–Crippen MR) is 82.5 cm³/mol. The lowest BCUT2D eigenvalue weighted by Gasteiger charge is -2.18. The first-order valence-electron chi connectivity index (χ1n) is 6.55. The molecule has 0 aliphatic carbocycles. The number of thioether (sulfide) groups is 1. The lowest BCUT2D eigenvalue weighted by Crippen LogP contribution is -2.02. The van der Waals surface area contributed by atoms with Crippen LogP contribution in [-0.4, -0.2) is 9.97 Å². The number of benzene rings is 2. The Morgan fingerprint density at radius 1 is 0.900 bits per heavy atom. The summed E-state index contributed by atoms with van der Waals surface area (Å²) < 4.78 is 0. The summed E-state index contributed by atoms with van der Waals surface area (Å²) in [5.41, 5.74) is 4.57. The van der Waals surface area contributed by atoms with Gasteiger partial charge in [0.15, 0.2) is 5.82 Å². The molecule has 0 atom stereocenters. The zero-order chi connectivity index (χ0) is 13.4. The number of nitrogens with zero attached hydrogens (tertiary/aromatic N) is 2. The first-order chi connectivity index (χ1) is 9.92. The number of aromatic nitrogens is 2. The van der Waals surface area contributed by atoms with Gasteiger partial charge in [0, 0.05) is 33.5 Å². The van der Waals surface area contributed by atoms with Crippen LogP contribution < -0.4 is 0 Å². The summed E-state index contributed by atoms with van der Waals surface area (Å²) in [5, 5.41) is 0. The Bertz CT molecular complexity index is 769. The molecule has 0 fully saturated rings. The monoisotopic (exact) mass is 276 g/mol. The second-order valence-electron chi connectivity index (χ2n) is 4.72. The molecule has 96 valence electrons. The zero-order valence-electron chi connectivity index (χ0n) is 10.8. The van der Waals surface area contributed by atoms with Gasteiger partial charge in [0.05, 0.1) is 5.69 Å². The molecule has 0 spiro atoms. The lowest BCUT2D eigenvalue weighted by atomic mass is 10.1. The van der Waals surface area contributed by atoms with Crippen molar-refractivity contribution < 1.29 is 0 Å². The van der Waals surface area contributed by atoms with Crippen LogP contribution in [0.3, 0.4) is 0 Å². The van der Waals surface area contributed by atoms with Crippen molar-refractivity contribution in [1.29, 1.82) is 0 Å². The van der Waals surface area contributed by atoms with Gasteiger partial charge in [0.25, 0.3) is 0 Å². The van der Waals surface area contributed by atoms with Crippen LogP contribution in [0.25, 0.3) is 22.6 Å². The van der Waals surface area contributed by atoms with Gasteiger partial charge in [-0.1, -0.05) is 48.5 Å².